The van der Waals surface area contributed by atoms with E-state index in [2.05, 4.69) is 10.1 Å². The molecule has 168 valence electrons. The minimum atomic E-state index is -0.677. The highest BCUT2D eigenvalue weighted by atomic mass is 32.1. The number of thiophene rings is 1. The fourth-order valence-electron chi connectivity index (χ4n) is 3.78. The van der Waals surface area contributed by atoms with Crippen LogP contribution in [0.3, 0.4) is 0 Å². The number of carbonyl (C=O) groups excluding carboxylic acids is 2. The van der Waals surface area contributed by atoms with Gasteiger partial charge in [0.25, 0.3) is 0 Å². The fourth-order valence-corrected chi connectivity index (χ4v) is 4.93. The second kappa shape index (κ2) is 8.05. The average molecular weight is 455 g/mol. The molecular weight excluding hydrogens is 428 g/mol. The van der Waals surface area contributed by atoms with Crippen LogP contribution < -0.4 is 0 Å². The zero-order chi connectivity index (χ0) is 23.2. The Morgan fingerprint density at radius 3 is 2.59 bits per heavy atom. The number of aromatic nitrogens is 4. The maximum Gasteiger partial charge on any atom is 0.419 e. The number of hydrogen-bond donors (Lipinski definition) is 0. The Hall–Kier alpha value is -3.20. The Labute approximate surface area is 189 Å². The van der Waals surface area contributed by atoms with Gasteiger partial charge in [0, 0.05) is 11.8 Å². The van der Waals surface area contributed by atoms with E-state index in [9.17, 15) is 9.59 Å². The van der Waals surface area contributed by atoms with E-state index in [0.29, 0.717) is 16.8 Å². The van der Waals surface area contributed by atoms with E-state index in [-0.39, 0.29) is 6.61 Å². The summed E-state index contributed by atoms with van der Waals surface area (Å²) in [7, 11) is 0. The number of hydrogen-bond acceptors (Lipinski definition) is 7. The van der Waals surface area contributed by atoms with Gasteiger partial charge >= 0.3 is 12.1 Å². The number of rotatable bonds is 4. The summed E-state index contributed by atoms with van der Waals surface area (Å²) in [6.07, 6.45) is 3.53. The largest absolute Gasteiger partial charge is 0.462 e. The first-order valence-electron chi connectivity index (χ1n) is 10.5. The first-order chi connectivity index (χ1) is 15.1. The van der Waals surface area contributed by atoms with Gasteiger partial charge in [0.05, 0.1) is 22.5 Å². The molecule has 0 saturated heterocycles. The van der Waals surface area contributed by atoms with E-state index in [4.69, 9.17) is 9.47 Å². The van der Waals surface area contributed by atoms with E-state index in [1.807, 2.05) is 46.9 Å². The fraction of sp³-hybridized carbons (Fsp3) is 0.391. The van der Waals surface area contributed by atoms with Crippen LogP contribution in [0.2, 0.25) is 0 Å². The molecule has 4 rings (SSSR count). The molecule has 9 heteroatoms. The number of esters is 1. The molecule has 0 unspecified atom stereocenters. The second-order valence-corrected chi connectivity index (χ2v) is 9.53. The van der Waals surface area contributed by atoms with Crippen molar-refractivity contribution < 1.29 is 19.1 Å². The van der Waals surface area contributed by atoms with Crippen molar-refractivity contribution in [2.75, 3.05) is 6.61 Å². The lowest BCUT2D eigenvalue weighted by molar-refractivity contribution is 0.0524. The molecule has 0 amide bonds. The summed E-state index contributed by atoms with van der Waals surface area (Å²) in [5.74, 6) is -0.395. The zero-order valence-corrected chi connectivity index (χ0v) is 19.9. The maximum atomic E-state index is 13.4. The molecule has 0 bridgehead atoms. The van der Waals surface area contributed by atoms with Crippen LogP contribution >= 0.6 is 11.3 Å². The number of ether oxygens (including phenoxy) is 2. The Bertz CT molecular complexity index is 1340. The van der Waals surface area contributed by atoms with Crippen molar-refractivity contribution in [2.45, 2.75) is 53.6 Å². The highest BCUT2D eigenvalue weighted by Gasteiger charge is 2.29. The van der Waals surface area contributed by atoms with Crippen LogP contribution in [-0.4, -0.2) is 43.4 Å². The number of pyridine rings is 1. The van der Waals surface area contributed by atoms with Gasteiger partial charge in [-0.3, -0.25) is 0 Å². The molecule has 0 aromatic carbocycles. The minimum Gasteiger partial charge on any atom is -0.462 e. The number of carbonyl (C=O) groups is 2. The van der Waals surface area contributed by atoms with Gasteiger partial charge in [-0.25, -0.2) is 23.7 Å². The van der Waals surface area contributed by atoms with Crippen molar-refractivity contribution in [1.29, 1.82) is 0 Å². The minimum absolute atomic E-state index is 0.288. The standard InChI is InChI=1S/C23H26N4O4S/c1-7-15-18(14-9-13(3)20-24-12-25-26(20)11-14)27(22(29)31-23(4,5)6)16-10-17(32-19(15)16)21(28)30-8-2/h9-12H,7-8H2,1-6H3. The van der Waals surface area contributed by atoms with Gasteiger partial charge in [-0.05, 0) is 64.3 Å². The molecule has 0 aliphatic carbocycles. The maximum absolute atomic E-state index is 13.4. The van der Waals surface area contributed by atoms with Gasteiger partial charge in [0.15, 0.2) is 5.65 Å². The Morgan fingerprint density at radius 1 is 1.19 bits per heavy atom. The highest BCUT2D eigenvalue weighted by molar-refractivity contribution is 7.21. The summed E-state index contributed by atoms with van der Waals surface area (Å²) >= 11 is 1.33. The van der Waals surface area contributed by atoms with Crippen molar-refractivity contribution in [3.05, 3.63) is 40.7 Å². The Kier molecular flexibility index (Phi) is 5.54. The SMILES string of the molecule is CCOC(=O)c1cc2c(s1)c(CC)c(-c1cc(C)c3ncnn3c1)n2C(=O)OC(C)(C)C. The summed E-state index contributed by atoms with van der Waals surface area (Å²) in [4.78, 5) is 30.5. The van der Waals surface area contributed by atoms with Crippen molar-refractivity contribution >= 4 is 39.3 Å². The van der Waals surface area contributed by atoms with Crippen molar-refractivity contribution in [3.63, 3.8) is 0 Å². The summed E-state index contributed by atoms with van der Waals surface area (Å²) in [6, 6.07) is 3.71. The van der Waals surface area contributed by atoms with Crippen LogP contribution in [0.1, 0.15) is 55.4 Å². The van der Waals surface area contributed by atoms with E-state index in [1.165, 1.54) is 17.7 Å². The summed E-state index contributed by atoms with van der Waals surface area (Å²) in [5.41, 5.74) is 4.18. The van der Waals surface area contributed by atoms with Crippen LogP contribution in [0, 0.1) is 6.92 Å². The molecule has 0 aliphatic heterocycles. The Morgan fingerprint density at radius 2 is 1.94 bits per heavy atom. The summed E-state index contributed by atoms with van der Waals surface area (Å²) in [5, 5.41) is 4.28. The monoisotopic (exact) mass is 454 g/mol. The molecule has 4 aromatic heterocycles. The molecule has 0 fully saturated rings. The van der Waals surface area contributed by atoms with Crippen LogP contribution in [0.5, 0.6) is 0 Å². The molecule has 0 N–H and O–H groups in total. The predicted molar refractivity (Wildman–Crippen MR) is 123 cm³/mol. The normalized spacial score (nSPS) is 11.9. The lowest BCUT2D eigenvalue weighted by atomic mass is 10.1. The summed E-state index contributed by atoms with van der Waals surface area (Å²) in [6.45, 7) is 11.5. The number of aryl methyl sites for hydroxylation is 2. The first kappa shape index (κ1) is 22.0. The van der Waals surface area contributed by atoms with Gasteiger partial charge in [0.1, 0.15) is 16.8 Å². The number of fused-ring (bicyclic) bond motifs is 2. The van der Waals surface area contributed by atoms with Crippen LogP contribution in [0.15, 0.2) is 24.7 Å². The predicted octanol–water partition coefficient (Wildman–Crippen LogP) is 5.24. The molecule has 4 heterocycles. The highest BCUT2D eigenvalue weighted by Crippen LogP contribution is 2.40. The quantitative estimate of drug-likeness (QED) is 0.392. The smallest absolute Gasteiger partial charge is 0.419 e. The molecule has 4 aromatic rings. The third kappa shape index (κ3) is 3.77. The molecule has 0 spiro atoms. The van der Waals surface area contributed by atoms with E-state index in [1.54, 1.807) is 22.1 Å². The second-order valence-electron chi connectivity index (χ2n) is 8.48. The van der Waals surface area contributed by atoms with E-state index in [0.717, 1.165) is 32.7 Å². The molecular formula is C23H26N4O4S. The lowest BCUT2D eigenvalue weighted by Gasteiger charge is -2.21. The summed E-state index contributed by atoms with van der Waals surface area (Å²) < 4.78 is 15.1. The van der Waals surface area contributed by atoms with Gasteiger partial charge in [-0.1, -0.05) is 6.92 Å². The zero-order valence-electron chi connectivity index (χ0n) is 19.1. The third-order valence-corrected chi connectivity index (χ3v) is 6.14. The van der Waals surface area contributed by atoms with Crippen molar-refractivity contribution in [3.8, 4) is 11.3 Å². The topological polar surface area (TPSA) is 87.7 Å². The first-order valence-corrected chi connectivity index (χ1v) is 11.3. The molecule has 0 radical (unpaired) electrons. The Balaban J connectivity index is 2.01. The third-order valence-electron chi connectivity index (χ3n) is 4.98. The lowest BCUT2D eigenvalue weighted by Crippen LogP contribution is -2.27. The van der Waals surface area contributed by atoms with E-state index < -0.39 is 17.7 Å². The van der Waals surface area contributed by atoms with Gasteiger partial charge < -0.3 is 9.47 Å². The molecule has 0 aliphatic rings. The van der Waals surface area contributed by atoms with Gasteiger partial charge in [-0.15, -0.1) is 11.3 Å². The van der Waals surface area contributed by atoms with Gasteiger partial charge in [-0.2, -0.15) is 5.10 Å². The van der Waals surface area contributed by atoms with Gasteiger partial charge in [0.2, 0.25) is 0 Å². The molecule has 0 atom stereocenters. The average Bonchev–Trinajstić information content (AvgIpc) is 3.39. The molecule has 32 heavy (non-hydrogen) atoms. The van der Waals surface area contributed by atoms with Crippen LogP contribution in [-0.2, 0) is 15.9 Å². The number of nitrogens with zero attached hydrogens (tertiary/aromatic N) is 4. The molecule has 8 nitrogen and oxygen atoms in total. The molecule has 0 saturated carbocycles. The van der Waals surface area contributed by atoms with E-state index >= 15 is 0 Å². The van der Waals surface area contributed by atoms with Crippen LogP contribution in [0.25, 0.3) is 27.1 Å². The van der Waals surface area contributed by atoms with Crippen molar-refractivity contribution in [1.82, 2.24) is 19.2 Å². The van der Waals surface area contributed by atoms with Crippen molar-refractivity contribution in [2.24, 2.45) is 0 Å². The van der Waals surface area contributed by atoms with Crippen LogP contribution in [0.4, 0.5) is 4.79 Å².